The molecule has 2 amide bonds. The fourth-order valence-corrected chi connectivity index (χ4v) is 3.18. The Bertz CT molecular complexity index is 795. The van der Waals surface area contributed by atoms with E-state index in [0.29, 0.717) is 38.2 Å². The van der Waals surface area contributed by atoms with Crippen LogP contribution in [0, 0.1) is 12.3 Å². The fraction of sp³-hybridized carbons (Fsp3) is 0.526. The molecule has 2 heterocycles. The molecule has 1 N–H and O–H groups in total. The summed E-state index contributed by atoms with van der Waals surface area (Å²) in [6, 6.07) is 5.55. The van der Waals surface area contributed by atoms with Gasteiger partial charge in [0, 0.05) is 38.2 Å². The Morgan fingerprint density at radius 1 is 1.12 bits per heavy atom. The molecule has 0 bridgehead atoms. The summed E-state index contributed by atoms with van der Waals surface area (Å²) in [5, 5.41) is 0. The number of hydrogen-bond donors (Lipinski definition) is 1. The number of amides is 2. The van der Waals surface area contributed by atoms with E-state index in [1.807, 2.05) is 34.9 Å². The lowest BCUT2D eigenvalue weighted by atomic mass is 9.91. The standard InChI is InChI=1S/C19H26N4O2/c1-13-20-15-6-5-14(11-16(15)21-13)18(25)23-9-7-22(8-10-23)17(24)12-19(2,3)4/h5-6,11H,7-10,12H2,1-4H3,(H,20,21). The van der Waals surface area contributed by atoms with E-state index >= 15 is 0 Å². The first-order valence-corrected chi connectivity index (χ1v) is 8.76. The number of carbonyl (C=O) groups is 2. The van der Waals surface area contributed by atoms with E-state index in [-0.39, 0.29) is 17.2 Å². The highest BCUT2D eigenvalue weighted by Crippen LogP contribution is 2.21. The van der Waals surface area contributed by atoms with Crippen molar-refractivity contribution in [3.63, 3.8) is 0 Å². The molecule has 3 rings (SSSR count). The Balaban J connectivity index is 1.63. The summed E-state index contributed by atoms with van der Waals surface area (Å²) < 4.78 is 0. The fourth-order valence-electron chi connectivity index (χ4n) is 3.18. The molecular weight excluding hydrogens is 316 g/mol. The molecule has 1 aromatic carbocycles. The maximum absolute atomic E-state index is 12.7. The Kier molecular flexibility index (Phi) is 4.54. The van der Waals surface area contributed by atoms with Crippen molar-refractivity contribution in [3.8, 4) is 0 Å². The predicted octanol–water partition coefficient (Wildman–Crippen LogP) is 2.59. The van der Waals surface area contributed by atoms with Gasteiger partial charge in [0.2, 0.25) is 5.91 Å². The minimum Gasteiger partial charge on any atom is -0.342 e. The third kappa shape index (κ3) is 4.00. The minimum absolute atomic E-state index is 0.0112. The Hall–Kier alpha value is -2.37. The number of aryl methyl sites for hydroxylation is 1. The first-order chi connectivity index (χ1) is 11.7. The van der Waals surface area contributed by atoms with Crippen LogP contribution in [0.3, 0.4) is 0 Å². The van der Waals surface area contributed by atoms with Crippen LogP contribution in [0.1, 0.15) is 43.4 Å². The number of benzene rings is 1. The van der Waals surface area contributed by atoms with E-state index in [0.717, 1.165) is 16.9 Å². The van der Waals surface area contributed by atoms with Crippen LogP contribution in [0.2, 0.25) is 0 Å². The van der Waals surface area contributed by atoms with Crippen LogP contribution < -0.4 is 0 Å². The SMILES string of the molecule is Cc1nc2ccc(C(=O)N3CCN(C(=O)CC(C)(C)C)CC3)cc2[nH]1. The number of aromatic nitrogens is 2. The molecule has 2 aromatic rings. The lowest BCUT2D eigenvalue weighted by Crippen LogP contribution is -2.51. The van der Waals surface area contributed by atoms with Gasteiger partial charge in [-0.15, -0.1) is 0 Å². The summed E-state index contributed by atoms with van der Waals surface area (Å²) in [6.07, 6.45) is 0.538. The van der Waals surface area contributed by atoms with Gasteiger partial charge in [0.25, 0.3) is 5.91 Å². The first-order valence-electron chi connectivity index (χ1n) is 8.76. The molecule has 1 aliphatic rings. The van der Waals surface area contributed by atoms with Gasteiger partial charge in [0.15, 0.2) is 0 Å². The number of piperazine rings is 1. The monoisotopic (exact) mass is 342 g/mol. The predicted molar refractivity (Wildman–Crippen MR) is 97.4 cm³/mol. The van der Waals surface area contributed by atoms with E-state index < -0.39 is 0 Å². The van der Waals surface area contributed by atoms with Crippen LogP contribution in [-0.2, 0) is 4.79 Å². The zero-order chi connectivity index (χ0) is 18.2. The van der Waals surface area contributed by atoms with E-state index in [1.54, 1.807) is 0 Å². The normalized spacial score (nSPS) is 15.7. The molecule has 0 spiro atoms. The lowest BCUT2D eigenvalue weighted by Gasteiger charge is -2.36. The van der Waals surface area contributed by atoms with Gasteiger partial charge in [-0.25, -0.2) is 4.98 Å². The summed E-state index contributed by atoms with van der Waals surface area (Å²) >= 11 is 0. The second-order valence-electron chi connectivity index (χ2n) is 7.96. The molecule has 0 atom stereocenters. The molecule has 0 saturated carbocycles. The van der Waals surface area contributed by atoms with Crippen molar-refractivity contribution in [3.05, 3.63) is 29.6 Å². The highest BCUT2D eigenvalue weighted by Gasteiger charge is 2.27. The van der Waals surface area contributed by atoms with Crippen molar-refractivity contribution in [1.29, 1.82) is 0 Å². The van der Waals surface area contributed by atoms with Gasteiger partial charge in [-0.05, 0) is 30.5 Å². The second-order valence-corrected chi connectivity index (χ2v) is 7.96. The zero-order valence-corrected chi connectivity index (χ0v) is 15.4. The molecule has 0 aliphatic carbocycles. The van der Waals surface area contributed by atoms with Crippen molar-refractivity contribution in [2.45, 2.75) is 34.1 Å². The van der Waals surface area contributed by atoms with E-state index in [1.165, 1.54) is 0 Å². The Labute approximate surface area is 148 Å². The van der Waals surface area contributed by atoms with Gasteiger partial charge in [0.05, 0.1) is 11.0 Å². The number of imidazole rings is 1. The van der Waals surface area contributed by atoms with Gasteiger partial charge in [-0.2, -0.15) is 0 Å². The molecule has 6 heteroatoms. The topological polar surface area (TPSA) is 69.3 Å². The molecule has 1 aromatic heterocycles. The molecule has 134 valence electrons. The molecular formula is C19H26N4O2. The number of nitrogens with zero attached hydrogens (tertiary/aromatic N) is 3. The van der Waals surface area contributed by atoms with Crippen molar-refractivity contribution in [1.82, 2.24) is 19.8 Å². The van der Waals surface area contributed by atoms with Gasteiger partial charge in [-0.3, -0.25) is 9.59 Å². The lowest BCUT2D eigenvalue weighted by molar-refractivity contribution is -0.134. The number of hydrogen-bond acceptors (Lipinski definition) is 3. The quantitative estimate of drug-likeness (QED) is 0.912. The van der Waals surface area contributed by atoms with Crippen LogP contribution in [0.15, 0.2) is 18.2 Å². The summed E-state index contributed by atoms with van der Waals surface area (Å²) in [6.45, 7) is 10.5. The van der Waals surface area contributed by atoms with Crippen molar-refractivity contribution >= 4 is 22.8 Å². The van der Waals surface area contributed by atoms with Gasteiger partial charge < -0.3 is 14.8 Å². The van der Waals surface area contributed by atoms with E-state index in [9.17, 15) is 9.59 Å². The third-order valence-electron chi connectivity index (χ3n) is 4.45. The maximum Gasteiger partial charge on any atom is 0.254 e. The number of aromatic amines is 1. The number of nitrogens with one attached hydrogen (secondary N) is 1. The average molecular weight is 342 g/mol. The smallest absolute Gasteiger partial charge is 0.254 e. The second kappa shape index (κ2) is 6.50. The number of carbonyl (C=O) groups excluding carboxylic acids is 2. The van der Waals surface area contributed by atoms with Crippen LogP contribution in [-0.4, -0.2) is 57.8 Å². The molecule has 0 unspecified atom stereocenters. The summed E-state index contributed by atoms with van der Waals surface area (Å²) in [7, 11) is 0. The highest BCUT2D eigenvalue weighted by molar-refractivity contribution is 5.97. The Morgan fingerprint density at radius 3 is 2.40 bits per heavy atom. The molecule has 25 heavy (non-hydrogen) atoms. The molecule has 0 radical (unpaired) electrons. The highest BCUT2D eigenvalue weighted by atomic mass is 16.2. The minimum atomic E-state index is -0.0122. The van der Waals surface area contributed by atoms with Gasteiger partial charge in [-0.1, -0.05) is 20.8 Å². The van der Waals surface area contributed by atoms with Gasteiger partial charge in [0.1, 0.15) is 5.82 Å². The summed E-state index contributed by atoms with van der Waals surface area (Å²) in [5.41, 5.74) is 2.39. The Morgan fingerprint density at radius 2 is 1.76 bits per heavy atom. The molecule has 1 fully saturated rings. The summed E-state index contributed by atoms with van der Waals surface area (Å²) in [5.74, 6) is 1.02. The van der Waals surface area contributed by atoms with Gasteiger partial charge >= 0.3 is 0 Å². The van der Waals surface area contributed by atoms with Crippen molar-refractivity contribution in [2.75, 3.05) is 26.2 Å². The van der Waals surface area contributed by atoms with Crippen LogP contribution >= 0.6 is 0 Å². The molecule has 1 aliphatic heterocycles. The van der Waals surface area contributed by atoms with Crippen molar-refractivity contribution < 1.29 is 9.59 Å². The van der Waals surface area contributed by atoms with Crippen LogP contribution in [0.4, 0.5) is 0 Å². The largest absolute Gasteiger partial charge is 0.342 e. The zero-order valence-electron chi connectivity index (χ0n) is 15.4. The number of fused-ring (bicyclic) bond motifs is 1. The molecule has 1 saturated heterocycles. The van der Waals surface area contributed by atoms with Crippen LogP contribution in [0.5, 0.6) is 0 Å². The van der Waals surface area contributed by atoms with Crippen molar-refractivity contribution in [2.24, 2.45) is 5.41 Å². The maximum atomic E-state index is 12.7. The average Bonchev–Trinajstić information content (AvgIpc) is 2.91. The van der Waals surface area contributed by atoms with E-state index in [4.69, 9.17) is 0 Å². The molecule has 6 nitrogen and oxygen atoms in total. The number of rotatable bonds is 2. The first kappa shape index (κ1) is 17.5. The summed E-state index contributed by atoms with van der Waals surface area (Å²) in [4.78, 5) is 36.3. The number of H-pyrrole nitrogens is 1. The van der Waals surface area contributed by atoms with E-state index in [2.05, 4.69) is 30.7 Å². The third-order valence-corrected chi connectivity index (χ3v) is 4.45. The van der Waals surface area contributed by atoms with Crippen LogP contribution in [0.25, 0.3) is 11.0 Å².